The first kappa shape index (κ1) is 12.4. The van der Waals surface area contributed by atoms with Gasteiger partial charge < -0.3 is 10.3 Å². The van der Waals surface area contributed by atoms with Crippen molar-refractivity contribution in [2.45, 2.75) is 0 Å². The van der Waals surface area contributed by atoms with Gasteiger partial charge in [0.2, 0.25) is 0 Å². The SMILES string of the molecule is Nc1noc(-c2ccccc2[N+](=O)[O-])c1-c1cccs1. The van der Waals surface area contributed by atoms with Crippen LogP contribution >= 0.6 is 11.3 Å². The fraction of sp³-hybridized carbons (Fsp3) is 0. The van der Waals surface area contributed by atoms with Gasteiger partial charge in [-0.15, -0.1) is 11.3 Å². The standard InChI is InChI=1S/C13H9N3O3S/c14-13-11(10-6-3-7-20-10)12(19-15-13)8-4-1-2-5-9(8)16(17)18/h1-7H,(H2,14,15). The van der Waals surface area contributed by atoms with Crippen LogP contribution in [-0.4, -0.2) is 10.1 Å². The summed E-state index contributed by atoms with van der Waals surface area (Å²) in [7, 11) is 0. The zero-order valence-electron chi connectivity index (χ0n) is 10.1. The second-order valence-corrected chi connectivity index (χ2v) is 4.97. The van der Waals surface area contributed by atoms with E-state index in [1.54, 1.807) is 18.2 Å². The summed E-state index contributed by atoms with van der Waals surface area (Å²) >= 11 is 1.47. The molecule has 1 aromatic carbocycles. The van der Waals surface area contributed by atoms with Gasteiger partial charge in [0.05, 0.1) is 16.1 Å². The number of hydrogen-bond donors (Lipinski definition) is 1. The van der Waals surface area contributed by atoms with Crippen molar-refractivity contribution in [1.82, 2.24) is 5.16 Å². The highest BCUT2D eigenvalue weighted by molar-refractivity contribution is 7.13. The second kappa shape index (κ2) is 4.78. The van der Waals surface area contributed by atoms with Crippen LogP contribution in [0.15, 0.2) is 46.3 Å². The van der Waals surface area contributed by atoms with E-state index in [0.717, 1.165) is 4.88 Å². The lowest BCUT2D eigenvalue weighted by Crippen LogP contribution is -1.92. The predicted molar refractivity (Wildman–Crippen MR) is 76.3 cm³/mol. The molecule has 0 aliphatic heterocycles. The molecule has 6 nitrogen and oxygen atoms in total. The van der Waals surface area contributed by atoms with Gasteiger partial charge in [-0.1, -0.05) is 23.4 Å². The van der Waals surface area contributed by atoms with Crippen molar-refractivity contribution in [1.29, 1.82) is 0 Å². The molecule has 0 bridgehead atoms. The van der Waals surface area contributed by atoms with E-state index in [-0.39, 0.29) is 11.5 Å². The highest BCUT2D eigenvalue weighted by atomic mass is 32.1. The van der Waals surface area contributed by atoms with Gasteiger partial charge in [0.15, 0.2) is 11.6 Å². The van der Waals surface area contributed by atoms with Gasteiger partial charge in [0, 0.05) is 10.9 Å². The van der Waals surface area contributed by atoms with E-state index in [9.17, 15) is 10.1 Å². The maximum atomic E-state index is 11.1. The zero-order valence-corrected chi connectivity index (χ0v) is 11.0. The molecule has 2 aromatic heterocycles. The van der Waals surface area contributed by atoms with Crippen LogP contribution < -0.4 is 5.73 Å². The van der Waals surface area contributed by atoms with Gasteiger partial charge in [-0.3, -0.25) is 10.1 Å². The molecule has 100 valence electrons. The van der Waals surface area contributed by atoms with Crippen molar-refractivity contribution >= 4 is 22.8 Å². The molecule has 0 spiro atoms. The molecule has 3 aromatic rings. The number of nitrogens with two attached hydrogens (primary N) is 1. The fourth-order valence-electron chi connectivity index (χ4n) is 1.97. The molecule has 0 fully saturated rings. The molecule has 0 atom stereocenters. The zero-order chi connectivity index (χ0) is 14.1. The summed E-state index contributed by atoms with van der Waals surface area (Å²) in [6, 6.07) is 10.1. The van der Waals surface area contributed by atoms with Crippen molar-refractivity contribution in [2.75, 3.05) is 5.73 Å². The van der Waals surface area contributed by atoms with Crippen LogP contribution in [0.3, 0.4) is 0 Å². The van der Waals surface area contributed by atoms with Gasteiger partial charge in [-0.05, 0) is 17.5 Å². The Morgan fingerprint density at radius 1 is 1.25 bits per heavy atom. The first-order chi connectivity index (χ1) is 9.68. The number of aromatic nitrogens is 1. The average molecular weight is 287 g/mol. The average Bonchev–Trinajstić information content (AvgIpc) is 3.07. The Labute approximate surface area is 117 Å². The topological polar surface area (TPSA) is 95.2 Å². The molecule has 0 aliphatic carbocycles. The third-order valence-corrected chi connectivity index (χ3v) is 3.72. The van der Waals surface area contributed by atoms with E-state index < -0.39 is 4.92 Å². The molecule has 20 heavy (non-hydrogen) atoms. The normalized spacial score (nSPS) is 10.6. The lowest BCUT2D eigenvalue weighted by atomic mass is 10.1. The summed E-state index contributed by atoms with van der Waals surface area (Å²) in [6.45, 7) is 0. The van der Waals surface area contributed by atoms with Crippen molar-refractivity contribution in [3.63, 3.8) is 0 Å². The third kappa shape index (κ3) is 1.94. The molecule has 0 saturated heterocycles. The van der Waals surface area contributed by atoms with E-state index in [1.165, 1.54) is 17.4 Å². The van der Waals surface area contributed by atoms with Gasteiger partial charge in [0.25, 0.3) is 5.69 Å². The number of nitrogens with zero attached hydrogens (tertiary/aromatic N) is 2. The Morgan fingerprint density at radius 2 is 2.05 bits per heavy atom. The Kier molecular flexibility index (Phi) is 2.96. The molecule has 3 rings (SSSR count). The van der Waals surface area contributed by atoms with E-state index in [4.69, 9.17) is 10.3 Å². The van der Waals surface area contributed by atoms with Crippen LogP contribution in [0.2, 0.25) is 0 Å². The smallest absolute Gasteiger partial charge is 0.280 e. The Morgan fingerprint density at radius 3 is 2.75 bits per heavy atom. The molecule has 0 aliphatic rings. The van der Waals surface area contributed by atoms with Crippen LogP contribution in [0, 0.1) is 10.1 Å². The third-order valence-electron chi connectivity index (χ3n) is 2.83. The second-order valence-electron chi connectivity index (χ2n) is 4.02. The van der Waals surface area contributed by atoms with Crippen LogP contribution in [-0.2, 0) is 0 Å². The van der Waals surface area contributed by atoms with E-state index in [1.807, 2.05) is 17.5 Å². The lowest BCUT2D eigenvalue weighted by molar-refractivity contribution is -0.384. The first-order valence-electron chi connectivity index (χ1n) is 5.71. The molecule has 2 heterocycles. The van der Waals surface area contributed by atoms with Crippen LogP contribution in [0.1, 0.15) is 0 Å². The Bertz CT molecular complexity index is 765. The molecule has 2 N–H and O–H groups in total. The van der Waals surface area contributed by atoms with Gasteiger partial charge in [0.1, 0.15) is 0 Å². The van der Waals surface area contributed by atoms with Crippen molar-refractivity contribution < 1.29 is 9.45 Å². The number of nitro groups is 1. The maximum absolute atomic E-state index is 11.1. The molecular weight excluding hydrogens is 278 g/mol. The molecule has 7 heteroatoms. The number of benzene rings is 1. The molecular formula is C13H9N3O3S. The summed E-state index contributed by atoms with van der Waals surface area (Å²) in [5, 5.41) is 16.7. The number of hydrogen-bond acceptors (Lipinski definition) is 6. The van der Waals surface area contributed by atoms with Crippen LogP contribution in [0.5, 0.6) is 0 Å². The minimum absolute atomic E-state index is 0.0403. The van der Waals surface area contributed by atoms with Crippen molar-refractivity contribution in [3.8, 4) is 21.8 Å². The predicted octanol–water partition coefficient (Wildman–Crippen LogP) is 3.56. The molecule has 0 saturated carbocycles. The summed E-state index contributed by atoms with van der Waals surface area (Å²) in [5.74, 6) is 0.540. The quantitative estimate of drug-likeness (QED) is 0.587. The van der Waals surface area contributed by atoms with Gasteiger partial charge in [-0.25, -0.2) is 0 Å². The molecule has 0 amide bonds. The van der Waals surface area contributed by atoms with Crippen molar-refractivity contribution in [2.24, 2.45) is 0 Å². The van der Waals surface area contributed by atoms with E-state index >= 15 is 0 Å². The first-order valence-corrected chi connectivity index (χ1v) is 6.59. The summed E-state index contributed by atoms with van der Waals surface area (Å²) < 4.78 is 5.22. The number of nitrogen functional groups attached to an aromatic ring is 1. The lowest BCUT2D eigenvalue weighted by Gasteiger charge is -2.01. The minimum Gasteiger partial charge on any atom is -0.380 e. The Hall–Kier alpha value is -2.67. The fourth-order valence-corrected chi connectivity index (χ4v) is 2.75. The molecule has 0 radical (unpaired) electrons. The van der Waals surface area contributed by atoms with Gasteiger partial charge >= 0.3 is 0 Å². The van der Waals surface area contributed by atoms with E-state index in [0.29, 0.717) is 16.9 Å². The number of rotatable bonds is 3. The largest absolute Gasteiger partial charge is 0.380 e. The number of anilines is 1. The highest BCUT2D eigenvalue weighted by Gasteiger charge is 2.24. The van der Waals surface area contributed by atoms with Gasteiger partial charge in [-0.2, -0.15) is 0 Å². The monoisotopic (exact) mass is 287 g/mol. The van der Waals surface area contributed by atoms with Crippen LogP contribution in [0.4, 0.5) is 11.5 Å². The minimum atomic E-state index is -0.452. The highest BCUT2D eigenvalue weighted by Crippen LogP contribution is 2.41. The summed E-state index contributed by atoms with van der Waals surface area (Å²) in [6.07, 6.45) is 0. The Balaban J connectivity index is 2.25. The van der Waals surface area contributed by atoms with Crippen molar-refractivity contribution in [3.05, 3.63) is 51.9 Å². The summed E-state index contributed by atoms with van der Waals surface area (Å²) in [4.78, 5) is 11.5. The number of para-hydroxylation sites is 1. The van der Waals surface area contributed by atoms with E-state index in [2.05, 4.69) is 5.16 Å². The number of thiophene rings is 1. The van der Waals surface area contributed by atoms with Crippen LogP contribution in [0.25, 0.3) is 21.8 Å². The summed E-state index contributed by atoms with van der Waals surface area (Å²) in [5.41, 5.74) is 6.75. The number of nitro benzene ring substituents is 1. The molecule has 0 unspecified atom stereocenters. The maximum Gasteiger partial charge on any atom is 0.280 e.